The van der Waals surface area contributed by atoms with E-state index < -0.39 is 0 Å². The van der Waals surface area contributed by atoms with E-state index in [0.29, 0.717) is 5.41 Å². The van der Waals surface area contributed by atoms with E-state index in [0.717, 1.165) is 45.0 Å². The standard InChI is InChI=1S/C16H26N2O.ClH/c1-3-14-5-4-6-15(11-14)19-10-9-18-8-7-16(2,12-17)13-18;/h4-6,11H,3,7-10,12-13,17H2,1-2H3;1H. The molecular weight excluding hydrogens is 272 g/mol. The van der Waals surface area contributed by atoms with E-state index >= 15 is 0 Å². The molecule has 0 aliphatic carbocycles. The van der Waals surface area contributed by atoms with Gasteiger partial charge in [-0.05, 0) is 49.0 Å². The van der Waals surface area contributed by atoms with Crippen LogP contribution in [-0.4, -0.2) is 37.7 Å². The maximum Gasteiger partial charge on any atom is 0.119 e. The second kappa shape index (κ2) is 7.87. The highest BCUT2D eigenvalue weighted by Crippen LogP contribution is 2.28. The fourth-order valence-electron chi connectivity index (χ4n) is 2.63. The Hall–Kier alpha value is -0.770. The summed E-state index contributed by atoms with van der Waals surface area (Å²) in [6, 6.07) is 8.37. The lowest BCUT2D eigenvalue weighted by molar-refractivity contribution is 0.219. The Kier molecular flexibility index (Phi) is 6.80. The van der Waals surface area contributed by atoms with E-state index in [2.05, 4.69) is 36.9 Å². The van der Waals surface area contributed by atoms with Gasteiger partial charge in [-0.1, -0.05) is 26.0 Å². The summed E-state index contributed by atoms with van der Waals surface area (Å²) in [5, 5.41) is 0. The zero-order valence-corrected chi connectivity index (χ0v) is 13.4. The van der Waals surface area contributed by atoms with Crippen molar-refractivity contribution in [1.82, 2.24) is 4.90 Å². The summed E-state index contributed by atoms with van der Waals surface area (Å²) >= 11 is 0. The van der Waals surface area contributed by atoms with Crippen LogP contribution < -0.4 is 10.5 Å². The van der Waals surface area contributed by atoms with E-state index in [1.165, 1.54) is 12.0 Å². The molecule has 0 bridgehead atoms. The second-order valence-electron chi connectivity index (χ2n) is 5.89. The van der Waals surface area contributed by atoms with Crippen LogP contribution in [0.2, 0.25) is 0 Å². The highest BCUT2D eigenvalue weighted by Gasteiger charge is 2.31. The lowest BCUT2D eigenvalue weighted by atomic mass is 9.90. The summed E-state index contributed by atoms with van der Waals surface area (Å²) in [5.41, 5.74) is 7.46. The van der Waals surface area contributed by atoms with E-state index in [9.17, 15) is 0 Å². The lowest BCUT2D eigenvalue weighted by Gasteiger charge is -2.22. The van der Waals surface area contributed by atoms with Crippen LogP contribution in [0.4, 0.5) is 0 Å². The van der Waals surface area contributed by atoms with Crippen molar-refractivity contribution in [3.8, 4) is 5.75 Å². The van der Waals surface area contributed by atoms with Crippen LogP contribution >= 0.6 is 12.4 Å². The first-order valence-corrected chi connectivity index (χ1v) is 7.29. The highest BCUT2D eigenvalue weighted by molar-refractivity contribution is 5.85. The zero-order chi connectivity index (χ0) is 13.7. The Bertz CT molecular complexity index is 413. The Labute approximate surface area is 128 Å². The smallest absolute Gasteiger partial charge is 0.119 e. The third-order valence-corrected chi connectivity index (χ3v) is 4.11. The first-order valence-electron chi connectivity index (χ1n) is 7.29. The number of ether oxygens (including phenoxy) is 1. The minimum absolute atomic E-state index is 0. The monoisotopic (exact) mass is 298 g/mol. The fourth-order valence-corrected chi connectivity index (χ4v) is 2.63. The molecule has 0 saturated carbocycles. The van der Waals surface area contributed by atoms with Crippen molar-refractivity contribution in [1.29, 1.82) is 0 Å². The molecule has 114 valence electrons. The number of likely N-dealkylation sites (tertiary alicyclic amines) is 1. The number of nitrogens with two attached hydrogens (primary N) is 1. The van der Waals surface area contributed by atoms with Gasteiger partial charge in [-0.25, -0.2) is 0 Å². The summed E-state index contributed by atoms with van der Waals surface area (Å²) in [6.07, 6.45) is 2.26. The Balaban J connectivity index is 0.00000200. The molecule has 1 aromatic carbocycles. The van der Waals surface area contributed by atoms with Crippen molar-refractivity contribution in [2.24, 2.45) is 11.1 Å². The molecule has 1 aliphatic heterocycles. The number of hydrogen-bond donors (Lipinski definition) is 1. The minimum Gasteiger partial charge on any atom is -0.492 e. The lowest BCUT2D eigenvalue weighted by Crippen LogP contribution is -2.33. The van der Waals surface area contributed by atoms with Gasteiger partial charge < -0.3 is 10.5 Å². The molecule has 2 rings (SSSR count). The number of nitrogens with zero attached hydrogens (tertiary/aromatic N) is 1. The van der Waals surface area contributed by atoms with Gasteiger partial charge in [0, 0.05) is 13.1 Å². The van der Waals surface area contributed by atoms with Crippen LogP contribution in [0, 0.1) is 5.41 Å². The molecule has 1 heterocycles. The summed E-state index contributed by atoms with van der Waals surface area (Å²) in [6.45, 7) is 9.21. The van der Waals surface area contributed by atoms with E-state index in [1.807, 2.05) is 6.07 Å². The molecule has 0 radical (unpaired) electrons. The molecule has 4 heteroatoms. The molecule has 20 heavy (non-hydrogen) atoms. The Morgan fingerprint density at radius 3 is 2.85 bits per heavy atom. The van der Waals surface area contributed by atoms with Crippen LogP contribution in [0.1, 0.15) is 25.8 Å². The van der Waals surface area contributed by atoms with Gasteiger partial charge in [-0.3, -0.25) is 4.90 Å². The molecule has 1 atom stereocenters. The third kappa shape index (κ3) is 4.65. The third-order valence-electron chi connectivity index (χ3n) is 4.11. The van der Waals surface area contributed by atoms with E-state index in [4.69, 9.17) is 10.5 Å². The molecule has 2 N–H and O–H groups in total. The van der Waals surface area contributed by atoms with Crippen molar-refractivity contribution < 1.29 is 4.74 Å². The SMILES string of the molecule is CCc1cccc(OCCN2CCC(C)(CN)C2)c1.Cl. The number of aryl methyl sites for hydroxylation is 1. The molecule has 3 nitrogen and oxygen atoms in total. The van der Waals surface area contributed by atoms with Crippen LogP contribution in [0.25, 0.3) is 0 Å². The van der Waals surface area contributed by atoms with Crippen LogP contribution in [0.5, 0.6) is 5.75 Å². The van der Waals surface area contributed by atoms with Crippen LogP contribution in [-0.2, 0) is 6.42 Å². The average Bonchev–Trinajstić information content (AvgIpc) is 2.82. The molecule has 1 aromatic rings. The van der Waals surface area contributed by atoms with Crippen molar-refractivity contribution in [2.45, 2.75) is 26.7 Å². The van der Waals surface area contributed by atoms with Gasteiger partial charge in [0.2, 0.25) is 0 Å². The van der Waals surface area contributed by atoms with Crippen LogP contribution in [0.15, 0.2) is 24.3 Å². The van der Waals surface area contributed by atoms with Crippen molar-refractivity contribution in [3.05, 3.63) is 29.8 Å². The highest BCUT2D eigenvalue weighted by atomic mass is 35.5. The summed E-state index contributed by atoms with van der Waals surface area (Å²) < 4.78 is 5.84. The minimum atomic E-state index is 0. The molecule has 1 fully saturated rings. The zero-order valence-electron chi connectivity index (χ0n) is 12.6. The number of benzene rings is 1. The molecule has 0 amide bonds. The summed E-state index contributed by atoms with van der Waals surface area (Å²) in [4.78, 5) is 2.45. The van der Waals surface area contributed by atoms with E-state index in [-0.39, 0.29) is 12.4 Å². The fraction of sp³-hybridized carbons (Fsp3) is 0.625. The Morgan fingerprint density at radius 1 is 1.40 bits per heavy atom. The van der Waals surface area contributed by atoms with Gasteiger partial charge >= 0.3 is 0 Å². The van der Waals surface area contributed by atoms with Gasteiger partial charge in [0.25, 0.3) is 0 Å². The maximum absolute atomic E-state index is 5.84. The summed E-state index contributed by atoms with van der Waals surface area (Å²) in [7, 11) is 0. The van der Waals surface area contributed by atoms with Gasteiger partial charge in [-0.2, -0.15) is 0 Å². The average molecular weight is 299 g/mol. The molecule has 1 saturated heterocycles. The predicted molar refractivity (Wildman–Crippen MR) is 86.8 cm³/mol. The number of hydrogen-bond acceptors (Lipinski definition) is 3. The van der Waals surface area contributed by atoms with E-state index in [1.54, 1.807) is 0 Å². The molecular formula is C16H27ClN2O. The number of rotatable bonds is 6. The van der Waals surface area contributed by atoms with Crippen molar-refractivity contribution in [2.75, 3.05) is 32.8 Å². The van der Waals surface area contributed by atoms with Gasteiger partial charge in [0.05, 0.1) is 0 Å². The Morgan fingerprint density at radius 2 is 2.20 bits per heavy atom. The van der Waals surface area contributed by atoms with Crippen molar-refractivity contribution >= 4 is 12.4 Å². The van der Waals surface area contributed by atoms with Gasteiger partial charge in [-0.15, -0.1) is 12.4 Å². The molecule has 1 aliphatic rings. The molecule has 0 spiro atoms. The quantitative estimate of drug-likeness (QED) is 0.877. The maximum atomic E-state index is 5.84. The van der Waals surface area contributed by atoms with Crippen LogP contribution in [0.3, 0.4) is 0 Å². The first kappa shape index (κ1) is 17.3. The number of halogens is 1. The summed E-state index contributed by atoms with van der Waals surface area (Å²) in [5.74, 6) is 0.986. The van der Waals surface area contributed by atoms with Gasteiger partial charge in [0.15, 0.2) is 0 Å². The largest absolute Gasteiger partial charge is 0.492 e. The molecule has 1 unspecified atom stereocenters. The topological polar surface area (TPSA) is 38.5 Å². The normalized spacial score (nSPS) is 22.6. The second-order valence-corrected chi connectivity index (χ2v) is 5.89. The van der Waals surface area contributed by atoms with Crippen molar-refractivity contribution in [3.63, 3.8) is 0 Å². The first-order chi connectivity index (χ1) is 9.15. The predicted octanol–water partition coefficient (Wildman–Crippen LogP) is 2.72. The molecule has 0 aromatic heterocycles. The van der Waals surface area contributed by atoms with Gasteiger partial charge in [0.1, 0.15) is 12.4 Å².